The lowest BCUT2D eigenvalue weighted by molar-refractivity contribution is -0.137. The van der Waals surface area contributed by atoms with Crippen LogP contribution in [0.3, 0.4) is 0 Å². The lowest BCUT2D eigenvalue weighted by Crippen LogP contribution is -2.29. The van der Waals surface area contributed by atoms with Crippen LogP contribution in [0.1, 0.15) is 38.3 Å². The average molecular weight is 221 g/mol. The lowest BCUT2D eigenvalue weighted by Gasteiger charge is -2.19. The first-order valence-corrected chi connectivity index (χ1v) is 5.62. The van der Waals surface area contributed by atoms with E-state index in [1.54, 1.807) is 0 Å². The number of carboxylic acid groups (broad SMARTS) is 1. The van der Waals surface area contributed by atoms with Gasteiger partial charge < -0.3 is 10.4 Å². The Labute approximate surface area is 96.5 Å². The summed E-state index contributed by atoms with van der Waals surface area (Å²) in [7, 11) is 0. The van der Waals surface area contributed by atoms with Gasteiger partial charge in [0.2, 0.25) is 0 Å². The first-order chi connectivity index (χ1) is 7.59. The van der Waals surface area contributed by atoms with Gasteiger partial charge in [0, 0.05) is 18.5 Å². The molecule has 0 amide bonds. The van der Waals surface area contributed by atoms with Gasteiger partial charge in [0.05, 0.1) is 0 Å². The Kier molecular flexibility index (Phi) is 4.99. The number of benzene rings is 1. The van der Waals surface area contributed by atoms with Gasteiger partial charge in [-0.25, -0.2) is 0 Å². The predicted molar refractivity (Wildman–Crippen MR) is 64.3 cm³/mol. The van der Waals surface area contributed by atoms with Crippen LogP contribution in [-0.4, -0.2) is 17.1 Å². The molecule has 1 aromatic rings. The smallest absolute Gasteiger partial charge is 0.303 e. The van der Waals surface area contributed by atoms with E-state index in [9.17, 15) is 4.79 Å². The van der Waals surface area contributed by atoms with Crippen LogP contribution in [0, 0.1) is 0 Å². The molecule has 16 heavy (non-hydrogen) atoms. The largest absolute Gasteiger partial charge is 0.481 e. The van der Waals surface area contributed by atoms with Gasteiger partial charge in [-0.3, -0.25) is 4.79 Å². The zero-order valence-electron chi connectivity index (χ0n) is 9.81. The van der Waals surface area contributed by atoms with Crippen molar-refractivity contribution in [2.24, 2.45) is 0 Å². The van der Waals surface area contributed by atoms with Crippen LogP contribution in [0.4, 0.5) is 0 Å². The summed E-state index contributed by atoms with van der Waals surface area (Å²) in [5, 5.41) is 12.0. The predicted octanol–water partition coefficient (Wildman–Crippen LogP) is 2.59. The Hall–Kier alpha value is -1.35. The molecule has 3 nitrogen and oxygen atoms in total. The first kappa shape index (κ1) is 12.7. The molecule has 1 aromatic carbocycles. The quantitative estimate of drug-likeness (QED) is 0.776. The molecule has 0 aromatic heterocycles. The van der Waals surface area contributed by atoms with E-state index in [0.29, 0.717) is 6.42 Å². The molecule has 1 unspecified atom stereocenters. The number of carboxylic acids is 1. The first-order valence-electron chi connectivity index (χ1n) is 5.62. The summed E-state index contributed by atoms with van der Waals surface area (Å²) in [6.07, 6.45) is 0.877. The molecule has 0 aliphatic heterocycles. The second-order valence-electron chi connectivity index (χ2n) is 4.13. The molecule has 3 heteroatoms. The van der Waals surface area contributed by atoms with Gasteiger partial charge >= 0.3 is 5.97 Å². The van der Waals surface area contributed by atoms with Gasteiger partial charge in [0.15, 0.2) is 0 Å². The standard InChI is InChI=1S/C13H19NO2/c1-10(8-9-13(15)16)14-11(2)12-6-4-3-5-7-12/h3-7,10-11,14H,8-9H2,1-2H3,(H,15,16)/t10?,11-/m0/s1. The third kappa shape index (κ3) is 4.45. The van der Waals surface area contributed by atoms with Crippen LogP contribution in [0.25, 0.3) is 0 Å². The number of hydrogen-bond acceptors (Lipinski definition) is 2. The van der Waals surface area contributed by atoms with E-state index in [2.05, 4.69) is 24.4 Å². The molecule has 88 valence electrons. The number of carbonyl (C=O) groups is 1. The third-order valence-corrected chi connectivity index (χ3v) is 2.63. The molecule has 2 atom stereocenters. The highest BCUT2D eigenvalue weighted by Gasteiger charge is 2.10. The molecular formula is C13H19NO2. The minimum Gasteiger partial charge on any atom is -0.481 e. The maximum atomic E-state index is 10.4. The second kappa shape index (κ2) is 6.28. The molecule has 0 aliphatic carbocycles. The molecule has 0 heterocycles. The molecule has 0 saturated carbocycles. The minimum atomic E-state index is -0.735. The van der Waals surface area contributed by atoms with E-state index in [-0.39, 0.29) is 18.5 Å². The fraction of sp³-hybridized carbons (Fsp3) is 0.462. The normalized spacial score (nSPS) is 14.4. The molecular weight excluding hydrogens is 202 g/mol. The Morgan fingerprint density at radius 3 is 2.50 bits per heavy atom. The third-order valence-electron chi connectivity index (χ3n) is 2.63. The number of nitrogens with one attached hydrogen (secondary N) is 1. The molecule has 0 bridgehead atoms. The average Bonchev–Trinajstić information content (AvgIpc) is 2.27. The van der Waals surface area contributed by atoms with Crippen molar-refractivity contribution in [1.29, 1.82) is 0 Å². The lowest BCUT2D eigenvalue weighted by atomic mass is 10.1. The van der Waals surface area contributed by atoms with Crippen LogP contribution in [-0.2, 0) is 4.79 Å². The van der Waals surface area contributed by atoms with Crippen LogP contribution < -0.4 is 5.32 Å². The molecule has 0 radical (unpaired) electrons. The van der Waals surface area contributed by atoms with Crippen LogP contribution in [0.15, 0.2) is 30.3 Å². The molecule has 0 spiro atoms. The van der Waals surface area contributed by atoms with Crippen LogP contribution in [0.2, 0.25) is 0 Å². The summed E-state index contributed by atoms with van der Waals surface area (Å²) in [6, 6.07) is 10.6. The highest BCUT2D eigenvalue weighted by molar-refractivity contribution is 5.66. The number of rotatable bonds is 6. The van der Waals surface area contributed by atoms with Gasteiger partial charge in [-0.2, -0.15) is 0 Å². The Morgan fingerprint density at radius 1 is 1.31 bits per heavy atom. The van der Waals surface area contributed by atoms with Crippen LogP contribution >= 0.6 is 0 Å². The molecule has 0 fully saturated rings. The molecule has 1 rings (SSSR count). The highest BCUT2D eigenvalue weighted by Crippen LogP contribution is 2.13. The van der Waals surface area contributed by atoms with Crippen molar-refractivity contribution in [2.75, 3.05) is 0 Å². The second-order valence-corrected chi connectivity index (χ2v) is 4.13. The molecule has 2 N–H and O–H groups in total. The topological polar surface area (TPSA) is 49.3 Å². The van der Waals surface area contributed by atoms with Gasteiger partial charge in [0.25, 0.3) is 0 Å². The van der Waals surface area contributed by atoms with Crippen molar-refractivity contribution < 1.29 is 9.90 Å². The van der Waals surface area contributed by atoms with Gasteiger partial charge in [-0.05, 0) is 25.8 Å². The summed E-state index contributed by atoms with van der Waals surface area (Å²) >= 11 is 0. The number of hydrogen-bond donors (Lipinski definition) is 2. The SMILES string of the molecule is CC(CCC(=O)O)N[C@@H](C)c1ccccc1. The van der Waals surface area contributed by atoms with Crippen molar-refractivity contribution in [1.82, 2.24) is 5.32 Å². The zero-order chi connectivity index (χ0) is 12.0. The summed E-state index contributed by atoms with van der Waals surface area (Å²) in [6.45, 7) is 4.11. The molecule has 0 aliphatic rings. The Balaban J connectivity index is 2.39. The highest BCUT2D eigenvalue weighted by atomic mass is 16.4. The maximum absolute atomic E-state index is 10.4. The Bertz CT molecular complexity index is 324. The van der Waals surface area contributed by atoms with E-state index in [1.165, 1.54) is 5.56 Å². The van der Waals surface area contributed by atoms with Gasteiger partial charge in [-0.15, -0.1) is 0 Å². The minimum absolute atomic E-state index is 0.214. The van der Waals surface area contributed by atoms with E-state index < -0.39 is 5.97 Å². The van der Waals surface area contributed by atoms with E-state index >= 15 is 0 Å². The van der Waals surface area contributed by atoms with Gasteiger partial charge in [-0.1, -0.05) is 30.3 Å². The fourth-order valence-electron chi connectivity index (χ4n) is 1.69. The van der Waals surface area contributed by atoms with E-state index in [4.69, 9.17) is 5.11 Å². The van der Waals surface area contributed by atoms with Crippen molar-refractivity contribution in [3.63, 3.8) is 0 Å². The molecule has 0 saturated heterocycles. The summed E-state index contributed by atoms with van der Waals surface area (Å²) in [5.41, 5.74) is 1.23. The van der Waals surface area contributed by atoms with Crippen molar-refractivity contribution in [3.8, 4) is 0 Å². The van der Waals surface area contributed by atoms with Crippen molar-refractivity contribution in [3.05, 3.63) is 35.9 Å². The summed E-state index contributed by atoms with van der Waals surface area (Å²) in [5.74, 6) is -0.735. The van der Waals surface area contributed by atoms with E-state index in [1.807, 2.05) is 25.1 Å². The van der Waals surface area contributed by atoms with Gasteiger partial charge in [0.1, 0.15) is 0 Å². The monoisotopic (exact) mass is 221 g/mol. The van der Waals surface area contributed by atoms with Crippen LogP contribution in [0.5, 0.6) is 0 Å². The number of aliphatic carboxylic acids is 1. The maximum Gasteiger partial charge on any atom is 0.303 e. The zero-order valence-corrected chi connectivity index (χ0v) is 9.81. The van der Waals surface area contributed by atoms with Crippen molar-refractivity contribution >= 4 is 5.97 Å². The fourth-order valence-corrected chi connectivity index (χ4v) is 1.69. The van der Waals surface area contributed by atoms with Crippen molar-refractivity contribution in [2.45, 2.75) is 38.8 Å². The Morgan fingerprint density at radius 2 is 1.94 bits per heavy atom. The van der Waals surface area contributed by atoms with E-state index in [0.717, 1.165) is 0 Å². The summed E-state index contributed by atoms with van der Waals surface area (Å²) < 4.78 is 0. The summed E-state index contributed by atoms with van der Waals surface area (Å²) in [4.78, 5) is 10.4.